The van der Waals surface area contributed by atoms with Crippen molar-refractivity contribution in [3.05, 3.63) is 40.6 Å². The zero-order chi connectivity index (χ0) is 13.8. The second-order valence-electron chi connectivity index (χ2n) is 5.37. The fourth-order valence-corrected chi connectivity index (χ4v) is 3.65. The molecular weight excluding hydrogens is 264 g/mol. The number of nitrogens with one attached hydrogen (secondary N) is 1. The van der Waals surface area contributed by atoms with E-state index in [9.17, 15) is 0 Å². The van der Waals surface area contributed by atoms with E-state index < -0.39 is 0 Å². The average Bonchev–Trinajstić information content (AvgIpc) is 2.89. The number of para-hydroxylation sites is 2. The van der Waals surface area contributed by atoms with E-state index in [4.69, 9.17) is 0 Å². The first kappa shape index (κ1) is 13.5. The van der Waals surface area contributed by atoms with Crippen molar-refractivity contribution in [2.24, 2.45) is 0 Å². The Balaban J connectivity index is 1.87. The molecule has 20 heavy (non-hydrogen) atoms. The van der Waals surface area contributed by atoms with Gasteiger partial charge in [0.05, 0.1) is 17.1 Å². The molecule has 106 valence electrons. The predicted octanol–water partition coefficient (Wildman–Crippen LogP) is 5.39. The van der Waals surface area contributed by atoms with E-state index in [0.717, 1.165) is 13.1 Å². The van der Waals surface area contributed by atoms with Crippen molar-refractivity contribution in [2.45, 2.75) is 39.2 Å². The normalized spacial score (nSPS) is 13.3. The fourth-order valence-electron chi connectivity index (χ4n) is 2.80. The standard InChI is InChI=1S/C17H22N2S/c1-2-3-4-7-10-19-16-9-6-5-8-15(16)18-11-14-12-20-13-17(14)19/h5-6,8-9,12-13,18H,2-4,7,10-11H2,1H3. The molecule has 2 nitrogen and oxygen atoms in total. The summed E-state index contributed by atoms with van der Waals surface area (Å²) in [5.74, 6) is 0. The molecule has 0 saturated heterocycles. The van der Waals surface area contributed by atoms with Gasteiger partial charge in [-0.15, -0.1) is 11.3 Å². The van der Waals surface area contributed by atoms with Crippen molar-refractivity contribution in [1.29, 1.82) is 0 Å². The van der Waals surface area contributed by atoms with Crippen molar-refractivity contribution in [2.75, 3.05) is 16.8 Å². The predicted molar refractivity (Wildman–Crippen MR) is 89.2 cm³/mol. The maximum absolute atomic E-state index is 3.56. The molecule has 3 heteroatoms. The third kappa shape index (κ3) is 2.68. The van der Waals surface area contributed by atoms with Gasteiger partial charge in [0, 0.05) is 24.0 Å². The van der Waals surface area contributed by atoms with E-state index in [1.807, 2.05) is 0 Å². The lowest BCUT2D eigenvalue weighted by atomic mass is 10.1. The molecule has 1 aromatic carbocycles. The minimum atomic E-state index is 0.932. The van der Waals surface area contributed by atoms with E-state index >= 15 is 0 Å². The van der Waals surface area contributed by atoms with Crippen LogP contribution in [-0.2, 0) is 6.54 Å². The van der Waals surface area contributed by atoms with E-state index in [1.165, 1.54) is 48.3 Å². The van der Waals surface area contributed by atoms with Gasteiger partial charge in [-0.05, 0) is 23.9 Å². The smallest absolute Gasteiger partial charge is 0.0646 e. The minimum absolute atomic E-state index is 0.932. The highest BCUT2D eigenvalue weighted by Gasteiger charge is 2.20. The first-order valence-electron chi connectivity index (χ1n) is 7.55. The maximum Gasteiger partial charge on any atom is 0.0646 e. The van der Waals surface area contributed by atoms with Crippen LogP contribution in [0.1, 0.15) is 38.2 Å². The Hall–Kier alpha value is -1.48. The molecule has 0 radical (unpaired) electrons. The summed E-state index contributed by atoms with van der Waals surface area (Å²) in [5.41, 5.74) is 5.39. The van der Waals surface area contributed by atoms with Gasteiger partial charge in [0.1, 0.15) is 0 Å². The molecule has 3 rings (SSSR count). The summed E-state index contributed by atoms with van der Waals surface area (Å²) in [6.07, 6.45) is 5.21. The molecular formula is C17H22N2S. The Morgan fingerprint density at radius 1 is 1.10 bits per heavy atom. The number of benzene rings is 1. The van der Waals surface area contributed by atoms with Crippen LogP contribution in [0.25, 0.3) is 0 Å². The second-order valence-corrected chi connectivity index (χ2v) is 6.11. The van der Waals surface area contributed by atoms with Crippen molar-refractivity contribution in [3.63, 3.8) is 0 Å². The SMILES string of the molecule is CCCCCCN1c2cscc2CNc2ccccc21. The minimum Gasteiger partial charge on any atom is -0.379 e. The largest absolute Gasteiger partial charge is 0.379 e. The molecule has 0 fully saturated rings. The summed E-state index contributed by atoms with van der Waals surface area (Å²) >= 11 is 1.81. The Kier molecular flexibility index (Phi) is 4.26. The van der Waals surface area contributed by atoms with Crippen LogP contribution in [-0.4, -0.2) is 6.54 Å². The number of hydrogen-bond acceptors (Lipinski definition) is 3. The monoisotopic (exact) mass is 286 g/mol. The third-order valence-electron chi connectivity index (χ3n) is 3.91. The molecule has 0 spiro atoms. The van der Waals surface area contributed by atoms with Crippen molar-refractivity contribution in [1.82, 2.24) is 0 Å². The third-order valence-corrected chi connectivity index (χ3v) is 4.69. The Morgan fingerprint density at radius 2 is 2.00 bits per heavy atom. The van der Waals surface area contributed by atoms with Crippen molar-refractivity contribution in [3.8, 4) is 0 Å². The van der Waals surface area contributed by atoms with E-state index in [-0.39, 0.29) is 0 Å². The van der Waals surface area contributed by atoms with Gasteiger partial charge in [-0.25, -0.2) is 0 Å². The van der Waals surface area contributed by atoms with Crippen LogP contribution >= 0.6 is 11.3 Å². The van der Waals surface area contributed by atoms with Crippen molar-refractivity contribution >= 4 is 28.4 Å². The quantitative estimate of drug-likeness (QED) is 0.741. The number of hydrogen-bond donors (Lipinski definition) is 1. The lowest BCUT2D eigenvalue weighted by Gasteiger charge is -2.25. The van der Waals surface area contributed by atoms with Gasteiger partial charge in [-0.2, -0.15) is 0 Å². The summed E-state index contributed by atoms with van der Waals surface area (Å²) < 4.78 is 0. The maximum atomic E-state index is 3.56. The molecule has 2 heterocycles. The van der Waals surface area contributed by atoms with Crippen LogP contribution in [0.15, 0.2) is 35.0 Å². The van der Waals surface area contributed by atoms with E-state index in [1.54, 1.807) is 11.3 Å². The highest BCUT2D eigenvalue weighted by Crippen LogP contribution is 2.39. The second kappa shape index (κ2) is 6.31. The zero-order valence-electron chi connectivity index (χ0n) is 12.1. The van der Waals surface area contributed by atoms with E-state index in [2.05, 4.69) is 52.2 Å². The molecule has 1 aromatic heterocycles. The fraction of sp³-hybridized carbons (Fsp3) is 0.412. The summed E-state index contributed by atoms with van der Waals surface area (Å²) in [7, 11) is 0. The Morgan fingerprint density at radius 3 is 2.90 bits per heavy atom. The molecule has 0 unspecified atom stereocenters. The summed E-state index contributed by atoms with van der Waals surface area (Å²) in [5, 5.41) is 8.13. The van der Waals surface area contributed by atoms with Crippen LogP contribution < -0.4 is 10.2 Å². The lowest BCUT2D eigenvalue weighted by Crippen LogP contribution is -2.18. The van der Waals surface area contributed by atoms with Gasteiger partial charge in [0.2, 0.25) is 0 Å². The molecule has 0 aliphatic carbocycles. The summed E-state index contributed by atoms with van der Waals surface area (Å²) in [6.45, 7) is 4.31. The van der Waals surface area contributed by atoms with Crippen LogP contribution in [0.5, 0.6) is 0 Å². The van der Waals surface area contributed by atoms with Gasteiger partial charge in [-0.1, -0.05) is 38.3 Å². The van der Waals surface area contributed by atoms with E-state index in [0.29, 0.717) is 0 Å². The molecule has 1 aliphatic heterocycles. The number of nitrogens with zero attached hydrogens (tertiary/aromatic N) is 1. The lowest BCUT2D eigenvalue weighted by molar-refractivity contribution is 0.668. The van der Waals surface area contributed by atoms with Gasteiger partial charge in [0.15, 0.2) is 0 Å². The van der Waals surface area contributed by atoms with Crippen LogP contribution in [0, 0.1) is 0 Å². The molecule has 1 aliphatic rings. The van der Waals surface area contributed by atoms with Crippen LogP contribution in [0.4, 0.5) is 17.1 Å². The first-order chi connectivity index (χ1) is 9.90. The molecule has 2 aromatic rings. The Bertz CT molecular complexity index is 562. The zero-order valence-corrected chi connectivity index (χ0v) is 12.9. The number of anilines is 3. The van der Waals surface area contributed by atoms with Gasteiger partial charge >= 0.3 is 0 Å². The number of thiophene rings is 1. The molecule has 0 atom stereocenters. The highest BCUT2D eigenvalue weighted by atomic mass is 32.1. The van der Waals surface area contributed by atoms with Gasteiger partial charge < -0.3 is 10.2 Å². The summed E-state index contributed by atoms with van der Waals surface area (Å²) in [4.78, 5) is 2.50. The average molecular weight is 286 g/mol. The summed E-state index contributed by atoms with van der Waals surface area (Å²) in [6, 6.07) is 8.66. The highest BCUT2D eigenvalue weighted by molar-refractivity contribution is 7.08. The van der Waals surface area contributed by atoms with Gasteiger partial charge in [0.25, 0.3) is 0 Å². The molecule has 0 amide bonds. The topological polar surface area (TPSA) is 15.3 Å². The molecule has 1 N–H and O–H groups in total. The number of unbranched alkanes of at least 4 members (excludes halogenated alkanes) is 3. The van der Waals surface area contributed by atoms with Crippen LogP contribution in [0.3, 0.4) is 0 Å². The first-order valence-corrected chi connectivity index (χ1v) is 8.50. The van der Waals surface area contributed by atoms with Crippen molar-refractivity contribution < 1.29 is 0 Å². The number of fused-ring (bicyclic) bond motifs is 2. The number of rotatable bonds is 5. The molecule has 0 bridgehead atoms. The van der Waals surface area contributed by atoms with Crippen LogP contribution in [0.2, 0.25) is 0 Å². The molecule has 0 saturated carbocycles. The Labute approximate surface area is 125 Å². The van der Waals surface area contributed by atoms with Gasteiger partial charge in [-0.3, -0.25) is 0 Å².